The van der Waals surface area contributed by atoms with E-state index in [0.717, 1.165) is 14.7 Å². The van der Waals surface area contributed by atoms with E-state index in [4.69, 9.17) is 4.74 Å². The van der Waals surface area contributed by atoms with E-state index in [9.17, 15) is 4.79 Å². The number of carbonyl (C=O) groups is 1. The number of halogens is 1. The molecular weight excluding hydrogens is 364 g/mol. The summed E-state index contributed by atoms with van der Waals surface area (Å²) < 4.78 is 7.60. The lowest BCUT2D eigenvalue weighted by Crippen LogP contribution is -2.30. The molecule has 0 spiro atoms. The Hall–Kier alpha value is -1.92. The molecule has 0 bridgehead atoms. The zero-order chi connectivity index (χ0) is 15.5. The van der Waals surface area contributed by atoms with Gasteiger partial charge in [-0.15, -0.1) is 0 Å². The Morgan fingerprint density at radius 1 is 1.27 bits per heavy atom. The van der Waals surface area contributed by atoms with Gasteiger partial charge in [-0.05, 0) is 37.3 Å². The van der Waals surface area contributed by atoms with Crippen molar-refractivity contribution < 1.29 is 9.53 Å². The number of benzene rings is 2. The van der Waals surface area contributed by atoms with Gasteiger partial charge in [-0.2, -0.15) is 0 Å². The molecule has 0 aliphatic rings. The number of thiazole rings is 1. The van der Waals surface area contributed by atoms with Crippen LogP contribution in [0.5, 0.6) is 5.75 Å². The normalized spacial score (nSPS) is 12.1. The van der Waals surface area contributed by atoms with Crippen LogP contribution in [0.3, 0.4) is 0 Å². The molecule has 3 aromatic rings. The Labute approximate surface area is 140 Å². The van der Waals surface area contributed by atoms with Crippen molar-refractivity contribution >= 4 is 48.5 Å². The first-order chi connectivity index (χ1) is 10.6. The van der Waals surface area contributed by atoms with Crippen LogP contribution in [0.2, 0.25) is 0 Å². The number of carbonyl (C=O) groups excluding carboxylic acids is 1. The van der Waals surface area contributed by atoms with Crippen LogP contribution in [0.4, 0.5) is 5.13 Å². The molecule has 0 saturated heterocycles. The van der Waals surface area contributed by atoms with Crippen LogP contribution in [-0.2, 0) is 4.79 Å². The van der Waals surface area contributed by atoms with Crippen molar-refractivity contribution in [1.29, 1.82) is 0 Å². The van der Waals surface area contributed by atoms with Gasteiger partial charge in [0.15, 0.2) is 11.2 Å². The second-order valence-corrected chi connectivity index (χ2v) is 6.64. The Bertz CT molecular complexity index is 804. The van der Waals surface area contributed by atoms with Gasteiger partial charge >= 0.3 is 0 Å². The Morgan fingerprint density at radius 2 is 2.05 bits per heavy atom. The molecule has 0 radical (unpaired) electrons. The number of hydrogen-bond donors (Lipinski definition) is 1. The molecule has 0 aliphatic carbocycles. The fourth-order valence-electron chi connectivity index (χ4n) is 1.92. The number of nitrogens with one attached hydrogen (secondary N) is 1. The zero-order valence-corrected chi connectivity index (χ0v) is 14.1. The van der Waals surface area contributed by atoms with E-state index in [0.29, 0.717) is 10.9 Å². The van der Waals surface area contributed by atoms with Gasteiger partial charge in [0.2, 0.25) is 0 Å². The van der Waals surface area contributed by atoms with E-state index in [2.05, 4.69) is 26.2 Å². The summed E-state index contributed by atoms with van der Waals surface area (Å²) in [4.78, 5) is 16.6. The highest BCUT2D eigenvalue weighted by Crippen LogP contribution is 2.28. The quantitative estimate of drug-likeness (QED) is 0.730. The average Bonchev–Trinajstić information content (AvgIpc) is 2.89. The molecule has 1 atom stereocenters. The van der Waals surface area contributed by atoms with E-state index in [1.165, 1.54) is 11.3 Å². The van der Waals surface area contributed by atoms with E-state index in [1.807, 2.05) is 48.5 Å². The molecule has 0 fully saturated rings. The molecule has 6 heteroatoms. The third kappa shape index (κ3) is 3.45. The molecule has 22 heavy (non-hydrogen) atoms. The number of anilines is 1. The van der Waals surface area contributed by atoms with Crippen LogP contribution < -0.4 is 10.1 Å². The first-order valence-electron chi connectivity index (χ1n) is 6.70. The summed E-state index contributed by atoms with van der Waals surface area (Å²) in [5, 5.41) is 3.37. The highest BCUT2D eigenvalue weighted by Gasteiger charge is 2.16. The number of hydrogen-bond acceptors (Lipinski definition) is 4. The number of fused-ring (bicyclic) bond motifs is 1. The number of aromatic nitrogens is 1. The van der Waals surface area contributed by atoms with Gasteiger partial charge in [0, 0.05) is 4.47 Å². The van der Waals surface area contributed by atoms with E-state index >= 15 is 0 Å². The van der Waals surface area contributed by atoms with E-state index < -0.39 is 6.10 Å². The summed E-state index contributed by atoms with van der Waals surface area (Å²) in [6, 6.07) is 15.1. The minimum absolute atomic E-state index is 0.220. The topological polar surface area (TPSA) is 51.2 Å². The number of amides is 1. The number of para-hydroxylation sites is 1. The van der Waals surface area contributed by atoms with Crippen molar-refractivity contribution in [3.8, 4) is 5.75 Å². The van der Waals surface area contributed by atoms with Crippen LogP contribution in [0, 0.1) is 0 Å². The molecule has 1 unspecified atom stereocenters. The van der Waals surface area contributed by atoms with Crippen LogP contribution in [0.15, 0.2) is 53.0 Å². The molecule has 4 nitrogen and oxygen atoms in total. The maximum absolute atomic E-state index is 12.2. The predicted octanol–water partition coefficient (Wildman–Crippen LogP) is 4.46. The largest absolute Gasteiger partial charge is 0.481 e. The van der Waals surface area contributed by atoms with Gasteiger partial charge < -0.3 is 4.74 Å². The third-order valence-electron chi connectivity index (χ3n) is 3.01. The molecule has 1 amide bonds. The van der Waals surface area contributed by atoms with Gasteiger partial charge in [0.05, 0.1) is 10.2 Å². The number of rotatable bonds is 4. The first-order valence-corrected chi connectivity index (χ1v) is 8.31. The highest BCUT2D eigenvalue weighted by molar-refractivity contribution is 9.10. The zero-order valence-electron chi connectivity index (χ0n) is 11.7. The molecule has 3 rings (SSSR count). The summed E-state index contributed by atoms with van der Waals surface area (Å²) >= 11 is 4.86. The van der Waals surface area contributed by atoms with Crippen molar-refractivity contribution in [1.82, 2.24) is 4.98 Å². The van der Waals surface area contributed by atoms with Crippen molar-refractivity contribution in [3.05, 3.63) is 53.0 Å². The molecular formula is C16H13BrN2O2S. The van der Waals surface area contributed by atoms with Crippen LogP contribution in [0.25, 0.3) is 10.2 Å². The minimum atomic E-state index is -0.596. The fraction of sp³-hybridized carbons (Fsp3) is 0.125. The van der Waals surface area contributed by atoms with Gasteiger partial charge in [0.1, 0.15) is 5.75 Å². The lowest BCUT2D eigenvalue weighted by atomic mass is 10.3. The molecule has 0 saturated carbocycles. The van der Waals surface area contributed by atoms with E-state index in [1.54, 1.807) is 6.92 Å². The highest BCUT2D eigenvalue weighted by atomic mass is 79.9. The monoisotopic (exact) mass is 376 g/mol. The third-order valence-corrected chi connectivity index (χ3v) is 4.43. The van der Waals surface area contributed by atoms with Crippen LogP contribution in [0.1, 0.15) is 6.92 Å². The SMILES string of the molecule is CC(Oc1ccccc1)C(=O)Nc1nc2ccc(Br)cc2s1. The van der Waals surface area contributed by atoms with Crippen molar-refractivity contribution in [2.45, 2.75) is 13.0 Å². The summed E-state index contributed by atoms with van der Waals surface area (Å²) in [6.07, 6.45) is -0.596. The first kappa shape index (κ1) is 15.0. The fourth-order valence-corrected chi connectivity index (χ4v) is 3.34. The lowest BCUT2D eigenvalue weighted by Gasteiger charge is -2.13. The Morgan fingerprint density at radius 3 is 2.82 bits per heavy atom. The Kier molecular flexibility index (Phi) is 4.40. The maximum atomic E-state index is 12.2. The lowest BCUT2D eigenvalue weighted by molar-refractivity contribution is -0.122. The molecule has 112 valence electrons. The van der Waals surface area contributed by atoms with Crippen molar-refractivity contribution in [2.24, 2.45) is 0 Å². The van der Waals surface area contributed by atoms with Gasteiger partial charge in [-0.3, -0.25) is 10.1 Å². The molecule has 2 aromatic carbocycles. The molecule has 1 heterocycles. The maximum Gasteiger partial charge on any atom is 0.266 e. The van der Waals surface area contributed by atoms with Crippen LogP contribution in [-0.4, -0.2) is 17.0 Å². The summed E-state index contributed by atoms with van der Waals surface area (Å²) in [5.41, 5.74) is 0.861. The standard InChI is InChI=1S/C16H13BrN2O2S/c1-10(21-12-5-3-2-4-6-12)15(20)19-16-18-13-8-7-11(17)9-14(13)22-16/h2-10H,1H3,(H,18,19,20). The summed E-state index contributed by atoms with van der Waals surface area (Å²) in [6.45, 7) is 1.71. The molecule has 1 aromatic heterocycles. The Balaban J connectivity index is 1.69. The molecule has 1 N–H and O–H groups in total. The minimum Gasteiger partial charge on any atom is -0.481 e. The average molecular weight is 377 g/mol. The number of nitrogens with zero attached hydrogens (tertiary/aromatic N) is 1. The molecule has 0 aliphatic heterocycles. The van der Waals surface area contributed by atoms with Crippen molar-refractivity contribution in [3.63, 3.8) is 0 Å². The predicted molar refractivity (Wildman–Crippen MR) is 92.5 cm³/mol. The second-order valence-electron chi connectivity index (χ2n) is 4.69. The summed E-state index contributed by atoms with van der Waals surface area (Å²) in [7, 11) is 0. The van der Waals surface area contributed by atoms with E-state index in [-0.39, 0.29) is 5.91 Å². The smallest absolute Gasteiger partial charge is 0.266 e. The number of ether oxygens (including phenoxy) is 1. The van der Waals surface area contributed by atoms with Crippen LogP contribution >= 0.6 is 27.3 Å². The van der Waals surface area contributed by atoms with Gasteiger partial charge in [-0.1, -0.05) is 45.5 Å². The van der Waals surface area contributed by atoms with Gasteiger partial charge in [0.25, 0.3) is 5.91 Å². The second kappa shape index (κ2) is 6.46. The summed E-state index contributed by atoms with van der Waals surface area (Å²) in [5.74, 6) is 0.445. The van der Waals surface area contributed by atoms with Gasteiger partial charge in [-0.25, -0.2) is 4.98 Å². The van der Waals surface area contributed by atoms with Crippen molar-refractivity contribution in [2.75, 3.05) is 5.32 Å².